The van der Waals surface area contributed by atoms with Gasteiger partial charge < -0.3 is 24.3 Å². The van der Waals surface area contributed by atoms with Crippen LogP contribution in [0, 0.1) is 6.92 Å². The zero-order valence-corrected chi connectivity index (χ0v) is 25.2. The maximum atomic E-state index is 13.3. The molecule has 1 amide bonds. The number of piperidine rings is 1. The van der Waals surface area contributed by atoms with Gasteiger partial charge in [0.2, 0.25) is 0 Å². The maximum Gasteiger partial charge on any atom is 0.410 e. The predicted molar refractivity (Wildman–Crippen MR) is 170 cm³/mol. The van der Waals surface area contributed by atoms with Gasteiger partial charge in [0.15, 0.2) is 5.52 Å². The lowest BCUT2D eigenvalue weighted by Gasteiger charge is -2.38. The Morgan fingerprint density at radius 1 is 1.00 bits per heavy atom. The SMILES string of the molecule is CCN(C(=O)OCc1ccccc1)C1CCN(c2ccc(-c3nc4c(C)nn(-c5ccccc5)c4c(=O)[nH]3)c(OC)c2)CC1. The Kier molecular flexibility index (Phi) is 8.31. The molecule has 0 radical (unpaired) electrons. The average molecular weight is 593 g/mol. The number of hydrogen-bond donors (Lipinski definition) is 1. The van der Waals surface area contributed by atoms with E-state index in [2.05, 4.69) is 15.0 Å². The topological polar surface area (TPSA) is 106 Å². The van der Waals surface area contributed by atoms with Crippen molar-refractivity contribution in [1.82, 2.24) is 24.6 Å². The summed E-state index contributed by atoms with van der Waals surface area (Å²) in [6.45, 7) is 6.28. The molecule has 0 aliphatic carbocycles. The molecule has 0 atom stereocenters. The lowest BCUT2D eigenvalue weighted by molar-refractivity contribution is 0.0773. The number of amides is 1. The summed E-state index contributed by atoms with van der Waals surface area (Å²) in [4.78, 5) is 38.1. The van der Waals surface area contributed by atoms with Gasteiger partial charge in [-0.3, -0.25) is 4.79 Å². The van der Waals surface area contributed by atoms with E-state index in [4.69, 9.17) is 14.5 Å². The van der Waals surface area contributed by atoms with Crippen LogP contribution in [-0.2, 0) is 11.3 Å². The van der Waals surface area contributed by atoms with Crippen LogP contribution in [0.15, 0.2) is 83.7 Å². The van der Waals surface area contributed by atoms with Crippen molar-refractivity contribution in [2.75, 3.05) is 31.6 Å². The highest BCUT2D eigenvalue weighted by atomic mass is 16.6. The summed E-state index contributed by atoms with van der Waals surface area (Å²) in [5, 5.41) is 4.60. The van der Waals surface area contributed by atoms with Crippen molar-refractivity contribution in [2.45, 2.75) is 39.3 Å². The molecule has 2 aromatic heterocycles. The number of anilines is 1. The first-order valence-corrected chi connectivity index (χ1v) is 14.9. The highest BCUT2D eigenvalue weighted by Gasteiger charge is 2.28. The molecule has 5 aromatic rings. The number of hydrogen-bond acceptors (Lipinski definition) is 7. The third-order valence-electron chi connectivity index (χ3n) is 8.19. The number of carbonyl (C=O) groups is 1. The number of rotatable bonds is 8. The summed E-state index contributed by atoms with van der Waals surface area (Å²) in [5.74, 6) is 1.04. The molecule has 1 fully saturated rings. The molecular weight excluding hydrogens is 556 g/mol. The number of aromatic amines is 1. The minimum Gasteiger partial charge on any atom is -0.496 e. The Labute approximate surface area is 255 Å². The van der Waals surface area contributed by atoms with Gasteiger partial charge in [0.05, 0.1) is 24.1 Å². The summed E-state index contributed by atoms with van der Waals surface area (Å²) in [6, 6.07) is 25.3. The van der Waals surface area contributed by atoms with Crippen LogP contribution in [0.2, 0.25) is 0 Å². The monoisotopic (exact) mass is 592 g/mol. The van der Waals surface area contributed by atoms with E-state index in [-0.39, 0.29) is 24.3 Å². The van der Waals surface area contributed by atoms with Gasteiger partial charge in [0.25, 0.3) is 5.56 Å². The second-order valence-electron chi connectivity index (χ2n) is 10.9. The minimum atomic E-state index is -0.274. The first kappa shape index (κ1) is 29.0. The molecule has 1 aliphatic heterocycles. The fourth-order valence-electron chi connectivity index (χ4n) is 5.89. The van der Waals surface area contributed by atoms with Crippen LogP contribution in [0.1, 0.15) is 31.0 Å². The fraction of sp³-hybridized carbons (Fsp3) is 0.294. The third-order valence-corrected chi connectivity index (χ3v) is 8.19. The number of benzene rings is 3. The zero-order chi connectivity index (χ0) is 30.6. The highest BCUT2D eigenvalue weighted by Crippen LogP contribution is 2.34. The number of ether oxygens (including phenoxy) is 2. The van der Waals surface area contributed by atoms with Gasteiger partial charge in [-0.15, -0.1) is 0 Å². The minimum absolute atomic E-state index is 0.113. The van der Waals surface area contributed by atoms with Crippen LogP contribution in [0.25, 0.3) is 28.1 Å². The predicted octanol–water partition coefficient (Wildman–Crippen LogP) is 5.72. The molecule has 3 aromatic carbocycles. The van der Waals surface area contributed by atoms with E-state index in [1.807, 2.05) is 97.6 Å². The van der Waals surface area contributed by atoms with Crippen molar-refractivity contribution in [3.63, 3.8) is 0 Å². The van der Waals surface area contributed by atoms with Crippen LogP contribution < -0.4 is 15.2 Å². The molecule has 3 heterocycles. The van der Waals surface area contributed by atoms with Gasteiger partial charge in [0, 0.05) is 37.4 Å². The van der Waals surface area contributed by atoms with Crippen LogP contribution in [0.5, 0.6) is 5.75 Å². The second kappa shape index (κ2) is 12.6. The molecule has 44 heavy (non-hydrogen) atoms. The molecule has 0 saturated carbocycles. The lowest BCUT2D eigenvalue weighted by Crippen LogP contribution is -2.47. The van der Waals surface area contributed by atoms with E-state index >= 15 is 0 Å². The Balaban J connectivity index is 1.17. The molecule has 10 heteroatoms. The van der Waals surface area contributed by atoms with Crippen LogP contribution in [-0.4, -0.2) is 63.5 Å². The largest absolute Gasteiger partial charge is 0.496 e. The van der Waals surface area contributed by atoms with Crippen molar-refractivity contribution >= 4 is 22.8 Å². The number of nitrogens with one attached hydrogen (secondary N) is 1. The van der Waals surface area contributed by atoms with Crippen molar-refractivity contribution in [3.05, 3.63) is 100 Å². The van der Waals surface area contributed by atoms with E-state index in [1.54, 1.807) is 11.8 Å². The van der Waals surface area contributed by atoms with Crippen LogP contribution in [0.4, 0.5) is 10.5 Å². The van der Waals surface area contributed by atoms with Crippen molar-refractivity contribution in [3.8, 4) is 22.8 Å². The molecule has 6 rings (SSSR count). The standard InChI is InChI=1S/C34H36N6O4/c1-4-39(34(42)44-22-24-11-7-5-8-12-24)25-17-19-38(20-18-25)27-15-16-28(29(21-27)43-3)32-35-30-23(2)37-40(31(30)33(41)36-32)26-13-9-6-10-14-26/h5-16,21,25H,4,17-20,22H2,1-3H3,(H,35,36,41). The first-order chi connectivity index (χ1) is 21.5. The lowest BCUT2D eigenvalue weighted by atomic mass is 10.0. The van der Waals surface area contributed by atoms with Gasteiger partial charge in [0.1, 0.15) is 23.7 Å². The molecule has 0 spiro atoms. The molecule has 10 nitrogen and oxygen atoms in total. The van der Waals surface area contributed by atoms with Crippen molar-refractivity contribution < 1.29 is 14.3 Å². The summed E-state index contributed by atoms with van der Waals surface area (Å²) >= 11 is 0. The molecule has 1 aliphatic rings. The number of nitrogens with zero attached hydrogens (tertiary/aromatic N) is 5. The summed E-state index contributed by atoms with van der Waals surface area (Å²) in [7, 11) is 1.62. The quantitative estimate of drug-likeness (QED) is 0.246. The summed E-state index contributed by atoms with van der Waals surface area (Å²) < 4.78 is 13.0. The van der Waals surface area contributed by atoms with Gasteiger partial charge in [-0.1, -0.05) is 48.5 Å². The maximum absolute atomic E-state index is 13.3. The molecule has 226 valence electrons. The van der Waals surface area contributed by atoms with E-state index in [1.165, 1.54) is 0 Å². The molecule has 1 N–H and O–H groups in total. The van der Waals surface area contributed by atoms with E-state index < -0.39 is 0 Å². The molecule has 0 unspecified atom stereocenters. The van der Waals surface area contributed by atoms with Crippen molar-refractivity contribution in [1.29, 1.82) is 0 Å². The highest BCUT2D eigenvalue weighted by molar-refractivity contribution is 5.81. The summed E-state index contributed by atoms with van der Waals surface area (Å²) in [6.07, 6.45) is 1.38. The van der Waals surface area contributed by atoms with E-state index in [0.717, 1.165) is 42.9 Å². The molecule has 1 saturated heterocycles. The normalized spacial score (nSPS) is 13.7. The van der Waals surface area contributed by atoms with Crippen LogP contribution >= 0.6 is 0 Å². The number of H-pyrrole nitrogens is 1. The van der Waals surface area contributed by atoms with Gasteiger partial charge in [-0.25, -0.2) is 14.5 Å². The number of para-hydroxylation sites is 1. The summed E-state index contributed by atoms with van der Waals surface area (Å²) in [5.41, 5.74) is 4.81. The first-order valence-electron chi connectivity index (χ1n) is 14.9. The Hall–Kier alpha value is -5.12. The smallest absolute Gasteiger partial charge is 0.410 e. The molecular formula is C34H36N6O4. The Morgan fingerprint density at radius 2 is 1.70 bits per heavy atom. The fourth-order valence-corrected chi connectivity index (χ4v) is 5.89. The van der Waals surface area contributed by atoms with E-state index in [0.29, 0.717) is 40.4 Å². The zero-order valence-electron chi connectivity index (χ0n) is 25.2. The van der Waals surface area contributed by atoms with Gasteiger partial charge in [-0.05, 0) is 56.5 Å². The van der Waals surface area contributed by atoms with Gasteiger partial charge in [-0.2, -0.15) is 5.10 Å². The Bertz CT molecular complexity index is 1810. The number of methoxy groups -OCH3 is 1. The second-order valence-corrected chi connectivity index (χ2v) is 10.9. The Morgan fingerprint density at radius 3 is 2.39 bits per heavy atom. The van der Waals surface area contributed by atoms with Crippen LogP contribution in [0.3, 0.4) is 0 Å². The van der Waals surface area contributed by atoms with Crippen molar-refractivity contribution in [2.24, 2.45) is 0 Å². The number of fused-ring (bicyclic) bond motifs is 1. The number of carbonyl (C=O) groups excluding carboxylic acids is 1. The van der Waals surface area contributed by atoms with Gasteiger partial charge >= 0.3 is 6.09 Å². The van der Waals surface area contributed by atoms with E-state index in [9.17, 15) is 9.59 Å². The average Bonchev–Trinajstić information content (AvgIpc) is 3.41. The molecule has 0 bridgehead atoms. The third kappa shape index (κ3) is 5.75. The number of aromatic nitrogens is 4. The number of aryl methyl sites for hydroxylation is 1.